The number of fused-ring (bicyclic) bond motifs is 5. The summed E-state index contributed by atoms with van der Waals surface area (Å²) < 4.78 is 10.9. The fraction of sp³-hybridized carbons (Fsp3) is 0.182. The molecule has 3 aromatic rings. The molecule has 0 bridgehead atoms. The Balaban J connectivity index is 0.000000164. The number of hydrogen-bond acceptors (Lipinski definition) is 3. The Morgan fingerprint density at radius 2 is 1.59 bits per heavy atom. The Hall–Kier alpha value is -4.31. The van der Waals surface area contributed by atoms with Crippen LogP contribution in [0.3, 0.4) is 0 Å². The third kappa shape index (κ3) is 5.01. The second-order valence-electron chi connectivity index (χ2n) is 9.23. The van der Waals surface area contributed by atoms with E-state index in [1.165, 1.54) is 46.7 Å². The minimum Gasteiger partial charge on any atom is -0.493 e. The van der Waals surface area contributed by atoms with Gasteiger partial charge < -0.3 is 14.6 Å². The lowest BCUT2D eigenvalue weighted by Gasteiger charge is -2.25. The van der Waals surface area contributed by atoms with Crippen molar-refractivity contribution in [3.8, 4) is 11.5 Å². The lowest BCUT2D eigenvalue weighted by Crippen LogP contribution is -2.07. The van der Waals surface area contributed by atoms with Crippen molar-refractivity contribution >= 4 is 34.5 Å². The van der Waals surface area contributed by atoms with Crippen LogP contribution in [0.1, 0.15) is 41.5 Å². The molecule has 3 aliphatic rings. The monoisotopic (exact) mass is 490 g/mol. The molecule has 0 fully saturated rings. The van der Waals surface area contributed by atoms with Crippen molar-refractivity contribution in [1.82, 2.24) is 0 Å². The first-order valence-electron chi connectivity index (χ1n) is 12.5. The van der Waals surface area contributed by atoms with Crippen molar-refractivity contribution in [2.45, 2.75) is 25.7 Å². The van der Waals surface area contributed by atoms with Gasteiger partial charge in [0, 0.05) is 0 Å². The summed E-state index contributed by atoms with van der Waals surface area (Å²) in [4.78, 5) is 10.9. The maximum Gasteiger partial charge on any atom is 0.335 e. The van der Waals surface area contributed by atoms with E-state index in [9.17, 15) is 4.79 Å². The summed E-state index contributed by atoms with van der Waals surface area (Å²) in [5, 5.41) is 11.5. The number of aliphatic carboxylic acids is 1. The van der Waals surface area contributed by atoms with Gasteiger partial charge in [-0.15, -0.1) is 0 Å². The standard InChI is InChI=1S/C20H20O2.C13H10O2/c1-21-19-11-14-8-10-16-15-6-4-3-5-13(15)7-9-17(16)18(14)12-20(19)22-2;14-13(15)12-8-4-2-6-10-5-1-3-7-11(10)9-12/h4,6,8,10-12H,3,5,7,9H2,1-2H3;1-9H,(H,14,15). The summed E-state index contributed by atoms with van der Waals surface area (Å²) >= 11 is 0. The average molecular weight is 491 g/mol. The molecule has 4 nitrogen and oxygen atoms in total. The number of benzene rings is 3. The highest BCUT2D eigenvalue weighted by atomic mass is 16.5. The van der Waals surface area contributed by atoms with Gasteiger partial charge in [-0.1, -0.05) is 72.4 Å². The van der Waals surface area contributed by atoms with Gasteiger partial charge in [-0.25, -0.2) is 4.79 Å². The summed E-state index contributed by atoms with van der Waals surface area (Å²) in [6.45, 7) is 0. The largest absolute Gasteiger partial charge is 0.493 e. The Bertz CT molecular complexity index is 1510. The number of methoxy groups -OCH3 is 2. The number of rotatable bonds is 3. The van der Waals surface area contributed by atoms with Crippen molar-refractivity contribution in [1.29, 1.82) is 0 Å². The minimum absolute atomic E-state index is 0.298. The molecule has 3 aliphatic carbocycles. The van der Waals surface area contributed by atoms with Crippen molar-refractivity contribution in [3.63, 3.8) is 0 Å². The number of aryl methyl sites for hydroxylation is 1. The van der Waals surface area contributed by atoms with E-state index in [2.05, 4.69) is 36.4 Å². The van der Waals surface area contributed by atoms with Gasteiger partial charge in [0.25, 0.3) is 0 Å². The van der Waals surface area contributed by atoms with Crippen molar-refractivity contribution < 1.29 is 19.4 Å². The number of ether oxygens (including phenoxy) is 2. The predicted molar refractivity (Wildman–Crippen MR) is 151 cm³/mol. The summed E-state index contributed by atoms with van der Waals surface area (Å²) in [6.07, 6.45) is 18.1. The number of allylic oxidation sites excluding steroid dienone is 6. The van der Waals surface area contributed by atoms with Gasteiger partial charge in [0.2, 0.25) is 0 Å². The lowest BCUT2D eigenvalue weighted by molar-refractivity contribution is -0.132. The van der Waals surface area contributed by atoms with Crippen LogP contribution in [-0.4, -0.2) is 25.3 Å². The summed E-state index contributed by atoms with van der Waals surface area (Å²) in [6, 6.07) is 16.4. The van der Waals surface area contributed by atoms with E-state index in [0.717, 1.165) is 29.0 Å². The zero-order chi connectivity index (χ0) is 25.8. The molecule has 0 unspecified atom stereocenters. The molecule has 186 valence electrons. The second-order valence-corrected chi connectivity index (χ2v) is 9.23. The van der Waals surface area contributed by atoms with Crippen LogP contribution in [0.5, 0.6) is 11.5 Å². The maximum atomic E-state index is 10.9. The van der Waals surface area contributed by atoms with Crippen molar-refractivity contribution in [2.75, 3.05) is 14.2 Å². The molecule has 0 saturated carbocycles. The first-order valence-corrected chi connectivity index (χ1v) is 12.5. The Kier molecular flexibility index (Phi) is 7.09. The van der Waals surface area contributed by atoms with E-state index in [4.69, 9.17) is 14.6 Å². The van der Waals surface area contributed by atoms with Crippen LogP contribution in [0.15, 0.2) is 90.1 Å². The fourth-order valence-corrected chi connectivity index (χ4v) is 5.22. The number of carboxylic acids is 1. The molecule has 0 aliphatic heterocycles. The molecule has 0 radical (unpaired) electrons. The van der Waals surface area contributed by atoms with Crippen LogP contribution >= 0.6 is 0 Å². The number of hydrogen-bond donors (Lipinski definition) is 1. The molecule has 0 atom stereocenters. The summed E-state index contributed by atoms with van der Waals surface area (Å²) in [5.74, 6) is 0.696. The maximum absolute atomic E-state index is 10.9. The molecular weight excluding hydrogens is 460 g/mol. The van der Waals surface area contributed by atoms with Gasteiger partial charge in [0.15, 0.2) is 11.5 Å². The molecule has 0 spiro atoms. The lowest BCUT2D eigenvalue weighted by atomic mass is 9.79. The molecule has 0 amide bonds. The zero-order valence-electron chi connectivity index (χ0n) is 21.2. The first kappa shape index (κ1) is 24.4. The highest BCUT2D eigenvalue weighted by molar-refractivity contribution is 5.97. The molecule has 4 heteroatoms. The molecule has 3 aromatic carbocycles. The summed E-state index contributed by atoms with van der Waals surface area (Å²) in [7, 11) is 3.38. The van der Waals surface area contributed by atoms with E-state index in [-0.39, 0.29) is 0 Å². The second kappa shape index (κ2) is 10.8. The molecule has 0 saturated heterocycles. The van der Waals surface area contributed by atoms with Gasteiger partial charge in [0.1, 0.15) is 0 Å². The van der Waals surface area contributed by atoms with Gasteiger partial charge in [-0.2, -0.15) is 0 Å². The van der Waals surface area contributed by atoms with E-state index in [1.54, 1.807) is 38.0 Å². The predicted octanol–water partition coefficient (Wildman–Crippen LogP) is 7.64. The first-order chi connectivity index (χ1) is 18.1. The highest BCUT2D eigenvalue weighted by Gasteiger charge is 2.21. The van der Waals surface area contributed by atoms with Crippen LogP contribution in [-0.2, 0) is 11.2 Å². The van der Waals surface area contributed by atoms with Gasteiger partial charge in [-0.3, -0.25) is 0 Å². The van der Waals surface area contributed by atoms with Crippen LogP contribution < -0.4 is 9.47 Å². The molecule has 37 heavy (non-hydrogen) atoms. The van der Waals surface area contributed by atoms with Crippen LogP contribution in [0, 0.1) is 0 Å². The Morgan fingerprint density at radius 1 is 0.838 bits per heavy atom. The van der Waals surface area contributed by atoms with E-state index in [0.29, 0.717) is 5.57 Å². The molecule has 0 aromatic heterocycles. The normalized spacial score (nSPS) is 15.4. The minimum atomic E-state index is -0.906. The number of carboxylic acid groups (broad SMARTS) is 1. The topological polar surface area (TPSA) is 55.8 Å². The smallest absolute Gasteiger partial charge is 0.335 e. The summed E-state index contributed by atoms with van der Waals surface area (Å²) in [5.41, 5.74) is 8.17. The molecule has 6 rings (SSSR count). The van der Waals surface area contributed by atoms with Gasteiger partial charge in [0.05, 0.1) is 19.8 Å². The SMILES string of the molecule is COc1cc2ccc3c(c2cc1OC)CCC1=C3C=CCC1.O=C(O)C1=Cc2ccccc2C=CC=C1. The Morgan fingerprint density at radius 3 is 2.38 bits per heavy atom. The quantitative estimate of drug-likeness (QED) is 0.410. The highest BCUT2D eigenvalue weighted by Crippen LogP contribution is 2.42. The molecule has 1 N–H and O–H groups in total. The van der Waals surface area contributed by atoms with Crippen LogP contribution in [0.4, 0.5) is 0 Å². The van der Waals surface area contributed by atoms with Gasteiger partial charge >= 0.3 is 5.97 Å². The average Bonchev–Trinajstić information content (AvgIpc) is 2.92. The van der Waals surface area contributed by atoms with Crippen molar-refractivity contribution in [2.24, 2.45) is 0 Å². The van der Waals surface area contributed by atoms with E-state index < -0.39 is 5.97 Å². The van der Waals surface area contributed by atoms with E-state index >= 15 is 0 Å². The zero-order valence-corrected chi connectivity index (χ0v) is 21.2. The van der Waals surface area contributed by atoms with E-state index in [1.807, 2.05) is 36.4 Å². The number of carbonyl (C=O) groups is 1. The fourth-order valence-electron chi connectivity index (χ4n) is 5.22. The third-order valence-electron chi connectivity index (χ3n) is 7.10. The third-order valence-corrected chi connectivity index (χ3v) is 7.10. The van der Waals surface area contributed by atoms with Crippen LogP contribution in [0.2, 0.25) is 0 Å². The van der Waals surface area contributed by atoms with Crippen molar-refractivity contribution in [3.05, 3.63) is 112 Å². The molecular formula is C33H30O4. The molecule has 0 heterocycles. The van der Waals surface area contributed by atoms with Crippen LogP contribution in [0.25, 0.3) is 28.5 Å². The van der Waals surface area contributed by atoms with Gasteiger partial charge in [-0.05, 0) is 88.6 Å². The Labute approximate surface area is 217 Å².